The highest BCUT2D eigenvalue weighted by Crippen LogP contribution is 2.22. The topological polar surface area (TPSA) is 29.5 Å². The van der Waals surface area contributed by atoms with Gasteiger partial charge in [-0.1, -0.05) is 0 Å². The molecule has 1 aliphatic heterocycles. The van der Waals surface area contributed by atoms with Crippen LogP contribution in [0.3, 0.4) is 0 Å². The Hall–Kier alpha value is -0.570. The highest BCUT2D eigenvalue weighted by molar-refractivity contribution is 5.73. The predicted molar refractivity (Wildman–Crippen MR) is 46.6 cm³/mol. The van der Waals surface area contributed by atoms with E-state index in [-0.39, 0.29) is 12.1 Å². The van der Waals surface area contributed by atoms with Crippen molar-refractivity contribution in [2.24, 2.45) is 0 Å². The molecule has 1 heterocycles. The monoisotopic (exact) mass is 171 g/mol. The lowest BCUT2D eigenvalue weighted by Gasteiger charge is -2.39. The number of nitrogens with zero attached hydrogens (tertiary/aromatic N) is 1. The first-order chi connectivity index (χ1) is 5.66. The van der Waals surface area contributed by atoms with Crippen LogP contribution in [-0.4, -0.2) is 30.2 Å². The highest BCUT2D eigenvalue weighted by Gasteiger charge is 2.29. The van der Waals surface area contributed by atoms with Crippen molar-refractivity contribution in [3.05, 3.63) is 0 Å². The molecule has 0 saturated carbocycles. The minimum atomic E-state index is 0.00579. The van der Waals surface area contributed by atoms with Crippen LogP contribution in [0.25, 0.3) is 0 Å². The number of amides is 1. The van der Waals surface area contributed by atoms with Crippen LogP contribution < -0.4 is 0 Å². The van der Waals surface area contributed by atoms with Crippen LogP contribution in [0.5, 0.6) is 0 Å². The zero-order valence-electron chi connectivity index (χ0n) is 8.04. The van der Waals surface area contributed by atoms with Gasteiger partial charge in [0.15, 0.2) is 0 Å². The zero-order chi connectivity index (χ0) is 9.14. The van der Waals surface area contributed by atoms with Crippen LogP contribution in [0.2, 0.25) is 0 Å². The molecule has 2 unspecified atom stereocenters. The quantitative estimate of drug-likeness (QED) is 0.596. The van der Waals surface area contributed by atoms with Gasteiger partial charge >= 0.3 is 0 Å². The molecule has 1 saturated heterocycles. The molecule has 12 heavy (non-hydrogen) atoms. The zero-order valence-corrected chi connectivity index (χ0v) is 8.04. The molecular formula is C9H17NO2. The van der Waals surface area contributed by atoms with Gasteiger partial charge < -0.3 is 9.64 Å². The van der Waals surface area contributed by atoms with Crippen molar-refractivity contribution in [3.8, 4) is 0 Å². The lowest BCUT2D eigenvalue weighted by Crippen LogP contribution is -2.48. The fourth-order valence-electron chi connectivity index (χ4n) is 1.89. The summed E-state index contributed by atoms with van der Waals surface area (Å²) in [5.41, 5.74) is 0. The first kappa shape index (κ1) is 9.52. The fraction of sp³-hybridized carbons (Fsp3) is 0.889. The number of methoxy groups -OCH3 is 1. The molecule has 70 valence electrons. The van der Waals surface area contributed by atoms with E-state index in [0.29, 0.717) is 6.04 Å². The fourth-order valence-corrected chi connectivity index (χ4v) is 1.89. The van der Waals surface area contributed by atoms with E-state index in [1.54, 1.807) is 14.0 Å². The molecule has 0 spiro atoms. The third-order valence-corrected chi connectivity index (χ3v) is 2.49. The number of hydrogen-bond donors (Lipinski definition) is 0. The maximum Gasteiger partial charge on any atom is 0.221 e. The Morgan fingerprint density at radius 1 is 1.50 bits per heavy atom. The number of carbonyl (C=O) groups excluding carboxylic acids is 1. The molecule has 1 rings (SSSR count). The number of carbonyl (C=O) groups is 1. The van der Waals surface area contributed by atoms with Gasteiger partial charge in [-0.15, -0.1) is 0 Å². The summed E-state index contributed by atoms with van der Waals surface area (Å²) in [6.07, 6.45) is 3.23. The van der Waals surface area contributed by atoms with Crippen LogP contribution in [-0.2, 0) is 9.53 Å². The van der Waals surface area contributed by atoms with E-state index in [1.807, 2.05) is 4.90 Å². The van der Waals surface area contributed by atoms with Crippen molar-refractivity contribution in [1.29, 1.82) is 0 Å². The minimum Gasteiger partial charge on any atom is -0.362 e. The molecule has 3 heteroatoms. The molecule has 0 N–H and O–H groups in total. The summed E-state index contributed by atoms with van der Waals surface area (Å²) >= 11 is 0. The van der Waals surface area contributed by atoms with Gasteiger partial charge in [0.1, 0.15) is 6.23 Å². The second kappa shape index (κ2) is 3.90. The van der Waals surface area contributed by atoms with Gasteiger partial charge in [0.25, 0.3) is 0 Å². The normalized spacial score (nSPS) is 30.4. The SMILES string of the molecule is COC1CCCC(C)N1C(C)=O. The Morgan fingerprint density at radius 3 is 2.58 bits per heavy atom. The van der Waals surface area contributed by atoms with Crippen molar-refractivity contribution in [2.45, 2.75) is 45.4 Å². The molecular weight excluding hydrogens is 154 g/mol. The summed E-state index contributed by atoms with van der Waals surface area (Å²) in [4.78, 5) is 13.1. The summed E-state index contributed by atoms with van der Waals surface area (Å²) < 4.78 is 5.24. The first-order valence-corrected chi connectivity index (χ1v) is 4.48. The van der Waals surface area contributed by atoms with Crippen molar-refractivity contribution in [2.75, 3.05) is 7.11 Å². The Kier molecular flexibility index (Phi) is 3.09. The van der Waals surface area contributed by atoms with Crippen LogP contribution in [0.15, 0.2) is 0 Å². The maximum absolute atomic E-state index is 11.2. The Labute approximate surface area is 73.7 Å². The Morgan fingerprint density at radius 2 is 2.17 bits per heavy atom. The van der Waals surface area contributed by atoms with Crippen molar-refractivity contribution < 1.29 is 9.53 Å². The lowest BCUT2D eigenvalue weighted by molar-refractivity contribution is -0.150. The van der Waals surface area contributed by atoms with E-state index in [0.717, 1.165) is 19.3 Å². The van der Waals surface area contributed by atoms with Crippen molar-refractivity contribution >= 4 is 5.91 Å². The summed E-state index contributed by atoms with van der Waals surface area (Å²) in [5, 5.41) is 0. The number of hydrogen-bond acceptors (Lipinski definition) is 2. The average Bonchev–Trinajstić information content (AvgIpc) is 2.03. The van der Waals surface area contributed by atoms with Gasteiger partial charge in [0.05, 0.1) is 0 Å². The molecule has 0 aliphatic carbocycles. The van der Waals surface area contributed by atoms with Crippen LogP contribution in [0.4, 0.5) is 0 Å². The molecule has 0 aromatic carbocycles. The first-order valence-electron chi connectivity index (χ1n) is 4.48. The molecule has 1 amide bonds. The molecule has 1 aliphatic rings. The largest absolute Gasteiger partial charge is 0.362 e. The number of ether oxygens (including phenoxy) is 1. The summed E-state index contributed by atoms with van der Waals surface area (Å²) in [6, 6.07) is 0.334. The van der Waals surface area contributed by atoms with E-state index in [1.165, 1.54) is 0 Å². The minimum absolute atomic E-state index is 0.00579. The highest BCUT2D eigenvalue weighted by atomic mass is 16.5. The summed E-state index contributed by atoms with van der Waals surface area (Å²) in [6.45, 7) is 3.68. The van der Waals surface area contributed by atoms with Gasteiger partial charge in [-0.25, -0.2) is 0 Å². The molecule has 0 aromatic rings. The molecule has 0 aromatic heterocycles. The smallest absolute Gasteiger partial charge is 0.221 e. The molecule has 0 bridgehead atoms. The summed E-state index contributed by atoms with van der Waals surface area (Å²) in [5.74, 6) is 0.119. The third kappa shape index (κ3) is 1.78. The predicted octanol–water partition coefficient (Wildman–Crippen LogP) is 1.38. The molecule has 2 atom stereocenters. The van der Waals surface area contributed by atoms with Gasteiger partial charge in [0, 0.05) is 20.1 Å². The number of likely N-dealkylation sites (tertiary alicyclic amines) is 1. The third-order valence-electron chi connectivity index (χ3n) is 2.49. The van der Waals surface area contributed by atoms with Gasteiger partial charge in [-0.05, 0) is 26.2 Å². The maximum atomic E-state index is 11.2. The summed E-state index contributed by atoms with van der Waals surface area (Å²) in [7, 11) is 1.67. The van der Waals surface area contributed by atoms with Gasteiger partial charge in [-0.3, -0.25) is 4.79 Å². The lowest BCUT2D eigenvalue weighted by atomic mass is 10.0. The Bertz CT molecular complexity index is 170. The van der Waals surface area contributed by atoms with Crippen LogP contribution in [0.1, 0.15) is 33.1 Å². The molecule has 0 radical (unpaired) electrons. The van der Waals surface area contributed by atoms with Crippen molar-refractivity contribution in [1.82, 2.24) is 4.90 Å². The Balaban J connectivity index is 2.66. The van der Waals surface area contributed by atoms with E-state index in [9.17, 15) is 4.79 Å². The number of piperidine rings is 1. The molecule has 3 nitrogen and oxygen atoms in total. The van der Waals surface area contributed by atoms with Gasteiger partial charge in [-0.2, -0.15) is 0 Å². The van der Waals surface area contributed by atoms with E-state index in [4.69, 9.17) is 4.74 Å². The van der Waals surface area contributed by atoms with E-state index >= 15 is 0 Å². The van der Waals surface area contributed by atoms with Crippen molar-refractivity contribution in [3.63, 3.8) is 0 Å². The second-order valence-electron chi connectivity index (χ2n) is 3.40. The second-order valence-corrected chi connectivity index (χ2v) is 3.40. The standard InChI is InChI=1S/C9H17NO2/c1-7-5-4-6-9(12-3)10(7)8(2)11/h7,9H,4-6H2,1-3H3. The molecule has 1 fully saturated rings. The van der Waals surface area contributed by atoms with E-state index in [2.05, 4.69) is 6.92 Å². The average molecular weight is 171 g/mol. The van der Waals surface area contributed by atoms with Crippen LogP contribution in [0, 0.1) is 0 Å². The van der Waals surface area contributed by atoms with Crippen LogP contribution >= 0.6 is 0 Å². The number of rotatable bonds is 1. The van der Waals surface area contributed by atoms with E-state index < -0.39 is 0 Å². The van der Waals surface area contributed by atoms with Gasteiger partial charge in [0.2, 0.25) is 5.91 Å².